The van der Waals surface area contributed by atoms with Crippen LogP contribution in [0.2, 0.25) is 0 Å². The Labute approximate surface area is 88.2 Å². The number of ether oxygens (including phenoxy) is 1. The minimum Gasteiger partial charge on any atom is -0.479 e. The smallest absolute Gasteiger partial charge is 0.334 e. The van der Waals surface area contributed by atoms with Gasteiger partial charge in [0.2, 0.25) is 0 Å². The van der Waals surface area contributed by atoms with Gasteiger partial charge in [-0.05, 0) is 13.3 Å². The zero-order valence-electron chi connectivity index (χ0n) is 9.11. The van der Waals surface area contributed by atoms with Crippen molar-refractivity contribution in [1.82, 2.24) is 5.32 Å². The summed E-state index contributed by atoms with van der Waals surface area (Å²) < 4.78 is 5.00. The second-order valence-corrected chi connectivity index (χ2v) is 3.35. The van der Waals surface area contributed by atoms with Gasteiger partial charge in [-0.1, -0.05) is 6.92 Å². The third-order valence-electron chi connectivity index (χ3n) is 2.35. The molecule has 0 aliphatic carbocycles. The molecule has 0 fully saturated rings. The van der Waals surface area contributed by atoms with Crippen molar-refractivity contribution in [2.24, 2.45) is 0 Å². The van der Waals surface area contributed by atoms with E-state index in [1.54, 1.807) is 13.8 Å². The monoisotopic (exact) mass is 219 g/mol. The van der Waals surface area contributed by atoms with E-state index >= 15 is 0 Å². The zero-order valence-corrected chi connectivity index (χ0v) is 9.11. The number of carbonyl (C=O) groups excluding carboxylic acids is 1. The minimum atomic E-state index is -1.59. The van der Waals surface area contributed by atoms with E-state index in [1.165, 1.54) is 7.11 Å². The van der Waals surface area contributed by atoms with Gasteiger partial charge >= 0.3 is 5.97 Å². The lowest BCUT2D eigenvalue weighted by Gasteiger charge is -2.25. The third kappa shape index (κ3) is 3.85. The second kappa shape index (κ2) is 5.67. The summed E-state index contributed by atoms with van der Waals surface area (Å²) >= 11 is 0. The molecule has 88 valence electrons. The van der Waals surface area contributed by atoms with Crippen LogP contribution in [0.15, 0.2) is 0 Å². The fraction of sp³-hybridized carbons (Fsp3) is 0.778. The highest BCUT2D eigenvalue weighted by Crippen LogP contribution is 2.13. The number of nitrogens with one attached hydrogen (secondary N) is 1. The summed E-state index contributed by atoms with van der Waals surface area (Å²) in [5.74, 6) is -1.81. The van der Waals surface area contributed by atoms with Gasteiger partial charge in [0.1, 0.15) is 5.60 Å². The molecule has 0 aromatic carbocycles. The molecule has 1 amide bonds. The molecule has 3 N–H and O–H groups in total. The van der Waals surface area contributed by atoms with E-state index in [1.807, 2.05) is 0 Å². The van der Waals surface area contributed by atoms with Crippen molar-refractivity contribution < 1.29 is 24.5 Å². The second-order valence-electron chi connectivity index (χ2n) is 3.35. The number of aliphatic hydroxyl groups excluding tert-OH is 1. The van der Waals surface area contributed by atoms with Crippen LogP contribution in [-0.2, 0) is 14.3 Å². The van der Waals surface area contributed by atoms with Crippen LogP contribution in [0.25, 0.3) is 0 Å². The van der Waals surface area contributed by atoms with Crippen molar-refractivity contribution in [3.05, 3.63) is 0 Å². The number of carboxylic acid groups (broad SMARTS) is 1. The molecule has 0 aromatic heterocycles. The molecule has 0 aliphatic rings. The van der Waals surface area contributed by atoms with Crippen molar-refractivity contribution >= 4 is 11.9 Å². The van der Waals surface area contributed by atoms with Crippen LogP contribution < -0.4 is 5.32 Å². The number of carboxylic acids is 1. The van der Waals surface area contributed by atoms with Crippen molar-refractivity contribution in [2.45, 2.75) is 32.0 Å². The molecule has 6 heteroatoms. The number of hydrogen-bond acceptors (Lipinski definition) is 4. The Kier molecular flexibility index (Phi) is 5.24. The van der Waals surface area contributed by atoms with Crippen LogP contribution >= 0.6 is 0 Å². The standard InChI is InChI=1S/C9H17NO5/c1-4-9(2,15-3)8(14)10-5-6(11)7(12)13/h6,11H,4-5H2,1-3H3,(H,10,14)(H,12,13). The van der Waals surface area contributed by atoms with Gasteiger partial charge < -0.3 is 20.3 Å². The zero-order chi connectivity index (χ0) is 12.1. The van der Waals surface area contributed by atoms with E-state index < -0.39 is 23.6 Å². The number of rotatable bonds is 6. The predicted molar refractivity (Wildman–Crippen MR) is 52.4 cm³/mol. The maximum absolute atomic E-state index is 11.5. The van der Waals surface area contributed by atoms with E-state index in [-0.39, 0.29) is 6.54 Å². The molecule has 15 heavy (non-hydrogen) atoms. The topological polar surface area (TPSA) is 95.9 Å². The number of hydrogen-bond donors (Lipinski definition) is 3. The van der Waals surface area contributed by atoms with Crippen LogP contribution in [0.1, 0.15) is 20.3 Å². The van der Waals surface area contributed by atoms with Gasteiger partial charge in [0.25, 0.3) is 5.91 Å². The summed E-state index contributed by atoms with van der Waals surface area (Å²) in [4.78, 5) is 21.8. The Bertz CT molecular complexity index is 237. The number of aliphatic carboxylic acids is 1. The summed E-state index contributed by atoms with van der Waals surface area (Å²) in [5.41, 5.74) is -0.988. The summed E-state index contributed by atoms with van der Waals surface area (Å²) in [6.45, 7) is 3.04. The lowest BCUT2D eigenvalue weighted by molar-refractivity contribution is -0.148. The summed E-state index contributed by atoms with van der Waals surface area (Å²) in [5, 5.41) is 19.6. The molecule has 0 saturated carbocycles. The molecule has 0 aliphatic heterocycles. The highest BCUT2D eigenvalue weighted by atomic mass is 16.5. The predicted octanol–water partition coefficient (Wildman–Crippen LogP) is -0.637. The normalized spacial score (nSPS) is 16.5. The number of aliphatic hydroxyl groups is 1. The molecule has 0 aromatic rings. The summed E-state index contributed by atoms with van der Waals surface area (Å²) in [6.07, 6.45) is -1.13. The van der Waals surface area contributed by atoms with E-state index in [0.29, 0.717) is 6.42 Å². The van der Waals surface area contributed by atoms with Gasteiger partial charge in [-0.2, -0.15) is 0 Å². The lowest BCUT2D eigenvalue weighted by atomic mass is 10.0. The molecular formula is C9H17NO5. The lowest BCUT2D eigenvalue weighted by Crippen LogP contribution is -2.48. The molecule has 0 spiro atoms. The first-order valence-corrected chi connectivity index (χ1v) is 4.61. The highest BCUT2D eigenvalue weighted by Gasteiger charge is 2.31. The average Bonchev–Trinajstić information content (AvgIpc) is 2.23. The van der Waals surface area contributed by atoms with E-state index in [2.05, 4.69) is 5.32 Å². The van der Waals surface area contributed by atoms with Gasteiger partial charge in [-0.25, -0.2) is 4.79 Å². The van der Waals surface area contributed by atoms with E-state index in [9.17, 15) is 9.59 Å². The summed E-state index contributed by atoms with van der Waals surface area (Å²) in [7, 11) is 1.40. The SMILES string of the molecule is CCC(C)(OC)C(=O)NCC(O)C(=O)O. The molecule has 0 saturated heterocycles. The molecule has 2 atom stereocenters. The highest BCUT2D eigenvalue weighted by molar-refractivity contribution is 5.85. The van der Waals surface area contributed by atoms with Crippen LogP contribution in [0.3, 0.4) is 0 Å². The van der Waals surface area contributed by atoms with Crippen LogP contribution in [0.5, 0.6) is 0 Å². The first-order chi connectivity index (χ1) is 6.87. The Morgan fingerprint density at radius 3 is 2.40 bits per heavy atom. The number of carbonyl (C=O) groups is 2. The van der Waals surface area contributed by atoms with Gasteiger partial charge in [0.15, 0.2) is 6.10 Å². The number of amides is 1. The molecule has 0 radical (unpaired) electrons. The van der Waals surface area contributed by atoms with Crippen molar-refractivity contribution in [1.29, 1.82) is 0 Å². The average molecular weight is 219 g/mol. The minimum absolute atomic E-state index is 0.326. The van der Waals surface area contributed by atoms with Crippen LogP contribution in [-0.4, -0.2) is 47.4 Å². The van der Waals surface area contributed by atoms with Gasteiger partial charge in [0, 0.05) is 7.11 Å². The maximum Gasteiger partial charge on any atom is 0.334 e. The van der Waals surface area contributed by atoms with Crippen molar-refractivity contribution in [3.63, 3.8) is 0 Å². The quantitative estimate of drug-likeness (QED) is 0.552. The van der Waals surface area contributed by atoms with Crippen molar-refractivity contribution in [2.75, 3.05) is 13.7 Å². The third-order valence-corrected chi connectivity index (χ3v) is 2.35. The van der Waals surface area contributed by atoms with Gasteiger partial charge in [-0.3, -0.25) is 4.79 Å². The van der Waals surface area contributed by atoms with Gasteiger partial charge in [0.05, 0.1) is 6.54 Å². The molecule has 2 unspecified atom stereocenters. The first kappa shape index (κ1) is 13.9. The Balaban J connectivity index is 4.19. The molecular weight excluding hydrogens is 202 g/mol. The summed E-state index contributed by atoms with van der Waals surface area (Å²) in [6, 6.07) is 0. The molecule has 6 nitrogen and oxygen atoms in total. The fourth-order valence-corrected chi connectivity index (χ4v) is 0.861. The first-order valence-electron chi connectivity index (χ1n) is 4.61. The fourth-order valence-electron chi connectivity index (χ4n) is 0.861. The number of methoxy groups -OCH3 is 1. The van der Waals surface area contributed by atoms with E-state index in [0.717, 1.165) is 0 Å². The van der Waals surface area contributed by atoms with Crippen molar-refractivity contribution in [3.8, 4) is 0 Å². The molecule has 0 bridgehead atoms. The molecule has 0 rings (SSSR count). The van der Waals surface area contributed by atoms with Crippen LogP contribution in [0, 0.1) is 0 Å². The Hall–Kier alpha value is -1.14. The maximum atomic E-state index is 11.5. The Morgan fingerprint density at radius 1 is 1.53 bits per heavy atom. The largest absolute Gasteiger partial charge is 0.479 e. The molecule has 0 heterocycles. The van der Waals surface area contributed by atoms with Gasteiger partial charge in [-0.15, -0.1) is 0 Å². The van der Waals surface area contributed by atoms with E-state index in [4.69, 9.17) is 14.9 Å². The Morgan fingerprint density at radius 2 is 2.07 bits per heavy atom. The van der Waals surface area contributed by atoms with Crippen LogP contribution in [0.4, 0.5) is 0 Å².